The van der Waals surface area contributed by atoms with Crippen molar-refractivity contribution >= 4 is 14.7 Å². The highest BCUT2D eigenvalue weighted by molar-refractivity contribution is 7.16. The van der Waals surface area contributed by atoms with Crippen LogP contribution >= 0.6 is 8.69 Å². The van der Waals surface area contributed by atoms with Crippen LogP contribution in [0.4, 0.5) is 0 Å². The Morgan fingerprint density at radius 1 is 1.08 bits per heavy atom. The van der Waals surface area contributed by atoms with Gasteiger partial charge in [-0.2, -0.15) is 0 Å². The van der Waals surface area contributed by atoms with Gasteiger partial charge in [0, 0.05) is 13.2 Å². The van der Waals surface area contributed by atoms with Crippen LogP contribution in [-0.4, -0.2) is 25.1 Å². The molecule has 0 saturated carbocycles. The van der Waals surface area contributed by atoms with E-state index in [1.54, 1.807) is 26.4 Å². The number of unbranched alkanes of at least 4 members (excludes halogenated alkanes) is 1. The second-order valence-electron chi connectivity index (χ2n) is 6.17. The maximum Gasteiger partial charge on any atom is 0.324 e. The number of hydrogen-bond donors (Lipinski definition) is 1. The number of carbonyl (C=O) groups is 1. The largest absolute Gasteiger partial charge is 0.497 e. The van der Waals surface area contributed by atoms with Gasteiger partial charge in [-0.25, -0.2) is 4.57 Å². The Bertz CT molecular complexity index is 495. The molecule has 0 radical (unpaired) electrons. The lowest BCUT2D eigenvalue weighted by molar-refractivity contribution is -0.143. The lowest BCUT2D eigenvalue weighted by atomic mass is 9.97. The first-order valence-electron chi connectivity index (χ1n) is 8.05. The van der Waals surface area contributed by atoms with Crippen LogP contribution in [0.3, 0.4) is 0 Å². The van der Waals surface area contributed by atoms with Crippen LogP contribution < -0.4 is 9.47 Å². The molecule has 1 N–H and O–H groups in total. The van der Waals surface area contributed by atoms with Crippen LogP contribution in [0.25, 0.3) is 0 Å². The summed E-state index contributed by atoms with van der Waals surface area (Å²) in [5.41, 5.74) is 0.360. The highest BCUT2D eigenvalue weighted by atomic mass is 31.1. The van der Waals surface area contributed by atoms with E-state index in [9.17, 15) is 4.79 Å². The van der Waals surface area contributed by atoms with Gasteiger partial charge in [0.05, 0.1) is 19.1 Å². The van der Waals surface area contributed by atoms with E-state index in [1.807, 2.05) is 26.8 Å². The van der Waals surface area contributed by atoms with Crippen molar-refractivity contribution < 1.29 is 28.5 Å². The molecule has 0 unspecified atom stereocenters. The average molecular weight is 374 g/mol. The van der Waals surface area contributed by atoms with E-state index in [0.717, 1.165) is 5.56 Å². The number of methoxy groups -OCH3 is 2. The number of rotatable bonds is 5. The Hall–Kier alpha value is -1.49. The van der Waals surface area contributed by atoms with Crippen LogP contribution in [0.2, 0.25) is 0 Å². The predicted molar refractivity (Wildman–Crippen MR) is 99.2 cm³/mol. The van der Waals surface area contributed by atoms with Crippen LogP contribution in [-0.2, 0) is 20.7 Å². The third kappa shape index (κ3) is 13.5. The fraction of sp³-hybridized carbons (Fsp3) is 0.611. The van der Waals surface area contributed by atoms with Gasteiger partial charge in [-0.15, -0.1) is 0 Å². The Morgan fingerprint density at radius 3 is 1.92 bits per heavy atom. The SMILES string of the molecule is CCCC.COCc1cc(OC)cc(OC(=O)C(C)(C)C)c1.O=PO. The van der Waals surface area contributed by atoms with E-state index in [1.165, 1.54) is 12.8 Å². The predicted octanol–water partition coefficient (Wildman–Crippen LogP) is 4.78. The molecule has 0 bridgehead atoms. The molecule has 0 saturated heterocycles. The molecule has 0 amide bonds. The topological polar surface area (TPSA) is 82.1 Å². The molecule has 0 spiro atoms. The molecule has 0 heterocycles. The van der Waals surface area contributed by atoms with Crippen molar-refractivity contribution in [2.75, 3.05) is 14.2 Å². The van der Waals surface area contributed by atoms with Crippen molar-refractivity contribution in [3.63, 3.8) is 0 Å². The summed E-state index contributed by atoms with van der Waals surface area (Å²) in [6.07, 6.45) is 2.64. The maximum atomic E-state index is 11.8. The smallest absolute Gasteiger partial charge is 0.324 e. The first kappa shape index (κ1) is 25.7. The molecule has 6 nitrogen and oxygen atoms in total. The molecule has 0 aliphatic carbocycles. The Labute approximate surface area is 152 Å². The summed E-state index contributed by atoms with van der Waals surface area (Å²) >= 11 is 0. The van der Waals surface area contributed by atoms with Crippen molar-refractivity contribution in [1.82, 2.24) is 0 Å². The van der Waals surface area contributed by atoms with Gasteiger partial charge in [0.25, 0.3) is 0 Å². The number of carbonyl (C=O) groups excluding carboxylic acids is 1. The molecular formula is C18H31O6P. The fourth-order valence-corrected chi connectivity index (χ4v) is 1.32. The van der Waals surface area contributed by atoms with Crippen LogP contribution in [0, 0.1) is 5.41 Å². The monoisotopic (exact) mass is 374 g/mol. The van der Waals surface area contributed by atoms with Crippen LogP contribution in [0.15, 0.2) is 18.2 Å². The fourth-order valence-electron chi connectivity index (χ4n) is 1.32. The molecule has 144 valence electrons. The van der Waals surface area contributed by atoms with E-state index >= 15 is 0 Å². The minimum Gasteiger partial charge on any atom is -0.497 e. The van der Waals surface area contributed by atoms with Gasteiger partial charge in [0.15, 0.2) is 0 Å². The lowest BCUT2D eigenvalue weighted by Crippen LogP contribution is -2.25. The second-order valence-corrected chi connectivity index (χ2v) is 6.33. The molecular weight excluding hydrogens is 343 g/mol. The molecule has 0 aliphatic rings. The van der Waals surface area contributed by atoms with E-state index in [0.29, 0.717) is 18.1 Å². The second kappa shape index (κ2) is 14.8. The summed E-state index contributed by atoms with van der Waals surface area (Å²) in [6, 6.07) is 5.30. The van der Waals surface area contributed by atoms with E-state index in [-0.39, 0.29) is 5.97 Å². The molecule has 0 aliphatic heterocycles. The third-order valence-electron chi connectivity index (χ3n) is 2.81. The van der Waals surface area contributed by atoms with Crippen LogP contribution in [0.5, 0.6) is 11.5 Å². The van der Waals surface area contributed by atoms with E-state index in [2.05, 4.69) is 13.8 Å². The zero-order chi connectivity index (χ0) is 19.9. The molecule has 1 aromatic carbocycles. The van der Waals surface area contributed by atoms with Gasteiger partial charge in [0.1, 0.15) is 11.5 Å². The van der Waals surface area contributed by atoms with Crippen molar-refractivity contribution in [2.45, 2.75) is 54.1 Å². The Morgan fingerprint density at radius 2 is 1.56 bits per heavy atom. The highest BCUT2D eigenvalue weighted by Gasteiger charge is 2.24. The summed E-state index contributed by atoms with van der Waals surface area (Å²) in [5, 5.41) is 0. The molecule has 1 rings (SSSR count). The summed E-state index contributed by atoms with van der Waals surface area (Å²) in [4.78, 5) is 18.8. The minimum atomic E-state index is -0.833. The summed E-state index contributed by atoms with van der Waals surface area (Å²) < 4.78 is 24.0. The molecule has 0 aromatic heterocycles. The molecule has 0 fully saturated rings. The molecule has 0 atom stereocenters. The zero-order valence-corrected chi connectivity index (χ0v) is 17.2. The minimum absolute atomic E-state index is 0.279. The highest BCUT2D eigenvalue weighted by Crippen LogP contribution is 2.25. The Balaban J connectivity index is 0. The number of ether oxygens (including phenoxy) is 3. The summed E-state index contributed by atoms with van der Waals surface area (Å²) in [5.74, 6) is 0.835. The van der Waals surface area contributed by atoms with Gasteiger partial charge < -0.3 is 19.1 Å². The Kier molecular flexibility index (Phi) is 15.3. The van der Waals surface area contributed by atoms with Crippen molar-refractivity contribution in [3.05, 3.63) is 23.8 Å². The van der Waals surface area contributed by atoms with E-state index in [4.69, 9.17) is 23.7 Å². The van der Waals surface area contributed by atoms with Crippen molar-refractivity contribution in [3.8, 4) is 11.5 Å². The van der Waals surface area contributed by atoms with Gasteiger partial charge in [-0.1, -0.05) is 26.7 Å². The number of hydrogen-bond acceptors (Lipinski definition) is 5. The zero-order valence-electron chi connectivity index (χ0n) is 16.3. The number of benzene rings is 1. The standard InChI is InChI=1S/C14H20O4.C4H10.HO2P/c1-14(2,3)13(15)18-12-7-10(9-16-4)6-11(8-12)17-5;1-3-4-2;1-3-2/h6-8H,9H2,1-5H3;3-4H2,1-2H3;(H,1,2). The number of esters is 1. The average Bonchev–Trinajstić information content (AvgIpc) is 2.55. The van der Waals surface area contributed by atoms with Crippen molar-refractivity contribution in [2.24, 2.45) is 5.41 Å². The quantitative estimate of drug-likeness (QED) is 0.453. The molecule has 1 aromatic rings. The molecule has 7 heteroatoms. The van der Waals surface area contributed by atoms with Gasteiger partial charge in [-0.3, -0.25) is 4.79 Å². The summed E-state index contributed by atoms with van der Waals surface area (Å²) in [6.45, 7) is 10.2. The van der Waals surface area contributed by atoms with Gasteiger partial charge >= 0.3 is 14.7 Å². The van der Waals surface area contributed by atoms with Crippen LogP contribution in [0.1, 0.15) is 53.0 Å². The first-order chi connectivity index (χ1) is 11.7. The first-order valence-corrected chi connectivity index (χ1v) is 8.82. The maximum absolute atomic E-state index is 11.8. The summed E-state index contributed by atoms with van der Waals surface area (Å²) in [7, 11) is 2.35. The van der Waals surface area contributed by atoms with Gasteiger partial charge in [-0.05, 0) is 38.5 Å². The van der Waals surface area contributed by atoms with Crippen molar-refractivity contribution in [1.29, 1.82) is 0 Å². The third-order valence-corrected chi connectivity index (χ3v) is 2.81. The van der Waals surface area contributed by atoms with Gasteiger partial charge in [0.2, 0.25) is 0 Å². The lowest BCUT2D eigenvalue weighted by Gasteiger charge is -2.17. The normalized spacial score (nSPS) is 10.1. The van der Waals surface area contributed by atoms with E-state index < -0.39 is 14.1 Å². The molecule has 25 heavy (non-hydrogen) atoms.